The van der Waals surface area contributed by atoms with Gasteiger partial charge in [0.1, 0.15) is 13.2 Å². The van der Waals surface area contributed by atoms with Gasteiger partial charge in [-0.15, -0.1) is 0 Å². The second kappa shape index (κ2) is 6.04. The Kier molecular flexibility index (Phi) is 5.24. The van der Waals surface area contributed by atoms with Crippen LogP contribution < -0.4 is 5.32 Å². The van der Waals surface area contributed by atoms with Crippen LogP contribution in [0.2, 0.25) is 0 Å². The average Bonchev–Trinajstić information content (AvgIpc) is 2.94. The van der Waals surface area contributed by atoms with Crippen LogP contribution in [-0.4, -0.2) is 37.2 Å². The average molecular weight is 318 g/mol. The van der Waals surface area contributed by atoms with Crippen molar-refractivity contribution in [2.75, 3.05) is 25.1 Å². The van der Waals surface area contributed by atoms with Gasteiger partial charge in [0.25, 0.3) is 0 Å². The fourth-order valence-corrected chi connectivity index (χ4v) is 2.33. The van der Waals surface area contributed by atoms with Crippen molar-refractivity contribution in [3.05, 3.63) is 0 Å². The van der Waals surface area contributed by atoms with Gasteiger partial charge in [0.15, 0.2) is 0 Å². The van der Waals surface area contributed by atoms with E-state index in [-0.39, 0.29) is 5.41 Å². The van der Waals surface area contributed by atoms with Crippen molar-refractivity contribution in [2.24, 2.45) is 5.41 Å². The van der Waals surface area contributed by atoms with E-state index in [0.717, 1.165) is 24.6 Å². The zero-order chi connectivity index (χ0) is 12.9. The van der Waals surface area contributed by atoms with Gasteiger partial charge < -0.3 is 10.1 Å². The molecule has 0 spiro atoms. The van der Waals surface area contributed by atoms with Gasteiger partial charge in [-0.1, -0.05) is 15.9 Å². The van der Waals surface area contributed by atoms with Gasteiger partial charge in [-0.25, -0.2) is 0 Å². The van der Waals surface area contributed by atoms with E-state index >= 15 is 0 Å². The van der Waals surface area contributed by atoms with Gasteiger partial charge in [-0.2, -0.15) is 13.2 Å². The fourth-order valence-electron chi connectivity index (χ4n) is 1.49. The van der Waals surface area contributed by atoms with E-state index in [0.29, 0.717) is 6.54 Å². The van der Waals surface area contributed by atoms with Crippen LogP contribution in [0, 0.1) is 5.41 Å². The van der Waals surface area contributed by atoms with Crippen molar-refractivity contribution in [3.63, 3.8) is 0 Å². The first-order valence-electron chi connectivity index (χ1n) is 5.34. The van der Waals surface area contributed by atoms with E-state index in [9.17, 15) is 18.0 Å². The highest BCUT2D eigenvalue weighted by Crippen LogP contribution is 2.48. The molecule has 0 atom stereocenters. The zero-order valence-corrected chi connectivity index (χ0v) is 10.9. The molecule has 0 aromatic carbocycles. The number of hydrogen-bond acceptors (Lipinski definition) is 2. The van der Waals surface area contributed by atoms with Gasteiger partial charge in [-0.3, -0.25) is 4.79 Å². The lowest BCUT2D eigenvalue weighted by Gasteiger charge is -2.14. The van der Waals surface area contributed by atoms with E-state index in [1.807, 2.05) is 0 Å². The molecule has 1 amide bonds. The van der Waals surface area contributed by atoms with E-state index in [4.69, 9.17) is 0 Å². The molecule has 3 nitrogen and oxygen atoms in total. The molecule has 0 bridgehead atoms. The Morgan fingerprint density at radius 1 is 1.41 bits per heavy atom. The van der Waals surface area contributed by atoms with E-state index < -0.39 is 25.3 Å². The summed E-state index contributed by atoms with van der Waals surface area (Å²) in [5.41, 5.74) is 0.156. The molecule has 1 fully saturated rings. The van der Waals surface area contributed by atoms with Crippen LogP contribution >= 0.6 is 15.9 Å². The number of carbonyl (C=O) groups excluding carboxylic acids is 1. The molecule has 0 aromatic rings. The van der Waals surface area contributed by atoms with Crippen molar-refractivity contribution < 1.29 is 22.7 Å². The van der Waals surface area contributed by atoms with Crippen molar-refractivity contribution in [1.29, 1.82) is 0 Å². The Balaban J connectivity index is 2.10. The number of nitrogens with one attached hydrogen (secondary N) is 1. The second-order valence-corrected chi connectivity index (χ2v) is 5.12. The molecule has 1 saturated carbocycles. The smallest absolute Gasteiger partial charge is 0.362 e. The van der Waals surface area contributed by atoms with Gasteiger partial charge >= 0.3 is 6.18 Å². The van der Waals surface area contributed by atoms with Gasteiger partial charge in [0.05, 0.1) is 0 Å². The Bertz CT molecular complexity index is 267. The maximum Gasteiger partial charge on any atom is 0.411 e. The summed E-state index contributed by atoms with van der Waals surface area (Å²) in [6, 6.07) is 0. The summed E-state index contributed by atoms with van der Waals surface area (Å²) in [7, 11) is 0. The Morgan fingerprint density at radius 2 is 2.06 bits per heavy atom. The minimum absolute atomic E-state index is 0.156. The van der Waals surface area contributed by atoms with Crippen LogP contribution in [0.4, 0.5) is 13.2 Å². The summed E-state index contributed by atoms with van der Waals surface area (Å²) in [6.07, 6.45) is -1.30. The monoisotopic (exact) mass is 317 g/mol. The number of carbonyl (C=O) groups is 1. The predicted octanol–water partition coefficient (Wildman–Crippen LogP) is 2.25. The summed E-state index contributed by atoms with van der Waals surface area (Å²) in [5, 5.41) is 3.47. The van der Waals surface area contributed by atoms with Gasteiger partial charge in [-0.05, 0) is 24.7 Å². The number of amides is 1. The lowest BCUT2D eigenvalue weighted by molar-refractivity contribution is -0.175. The first-order chi connectivity index (χ1) is 7.87. The molecule has 0 heterocycles. The lowest BCUT2D eigenvalue weighted by Crippen LogP contribution is -2.34. The molecule has 1 rings (SSSR count). The molecule has 1 aliphatic carbocycles. The van der Waals surface area contributed by atoms with Crippen LogP contribution in [0.5, 0.6) is 0 Å². The molecule has 7 heteroatoms. The SMILES string of the molecule is O=C(COCC(F)(F)F)NCC1(CCBr)CC1. The maximum atomic E-state index is 11.7. The molecule has 0 saturated heterocycles. The highest BCUT2D eigenvalue weighted by molar-refractivity contribution is 9.09. The standard InChI is InChI=1S/C10H15BrF3NO2/c11-4-3-9(1-2-9)6-15-8(16)5-17-7-10(12,13)14/h1-7H2,(H,15,16). The zero-order valence-electron chi connectivity index (χ0n) is 9.28. The minimum Gasteiger partial charge on any atom is -0.362 e. The summed E-state index contributed by atoms with van der Waals surface area (Å²) >= 11 is 3.33. The van der Waals surface area contributed by atoms with Crippen molar-refractivity contribution in [2.45, 2.75) is 25.4 Å². The second-order valence-electron chi connectivity index (χ2n) is 4.32. The summed E-state index contributed by atoms with van der Waals surface area (Å²) in [5.74, 6) is -0.491. The molecule has 0 unspecified atom stereocenters. The van der Waals surface area contributed by atoms with E-state index in [2.05, 4.69) is 26.0 Å². The third-order valence-electron chi connectivity index (χ3n) is 2.74. The number of halogens is 4. The number of ether oxygens (including phenoxy) is 1. The van der Waals surface area contributed by atoms with Crippen LogP contribution in [0.1, 0.15) is 19.3 Å². The molecular formula is C10H15BrF3NO2. The first kappa shape index (κ1) is 14.8. The molecule has 1 aliphatic rings. The van der Waals surface area contributed by atoms with E-state index in [1.165, 1.54) is 0 Å². The highest BCUT2D eigenvalue weighted by atomic mass is 79.9. The molecule has 0 aliphatic heterocycles. The third-order valence-corrected chi connectivity index (χ3v) is 3.14. The third kappa shape index (κ3) is 6.26. The minimum atomic E-state index is -4.38. The summed E-state index contributed by atoms with van der Waals surface area (Å²) in [4.78, 5) is 11.2. The van der Waals surface area contributed by atoms with Crippen molar-refractivity contribution in [1.82, 2.24) is 5.32 Å². The highest BCUT2D eigenvalue weighted by Gasteiger charge is 2.41. The van der Waals surface area contributed by atoms with E-state index in [1.54, 1.807) is 0 Å². The van der Waals surface area contributed by atoms with Gasteiger partial charge in [0, 0.05) is 11.9 Å². The Morgan fingerprint density at radius 3 is 2.53 bits per heavy atom. The summed E-state index contributed by atoms with van der Waals surface area (Å²) < 4.78 is 39.4. The van der Waals surface area contributed by atoms with Crippen LogP contribution in [-0.2, 0) is 9.53 Å². The lowest BCUT2D eigenvalue weighted by atomic mass is 10.0. The van der Waals surface area contributed by atoms with Crippen LogP contribution in [0.15, 0.2) is 0 Å². The normalized spacial score (nSPS) is 17.9. The number of alkyl halides is 4. The fraction of sp³-hybridized carbons (Fsp3) is 0.900. The maximum absolute atomic E-state index is 11.7. The number of hydrogen-bond donors (Lipinski definition) is 1. The summed E-state index contributed by atoms with van der Waals surface area (Å²) in [6.45, 7) is -1.40. The molecule has 1 N–H and O–H groups in total. The predicted molar refractivity (Wildman–Crippen MR) is 60.0 cm³/mol. The molecule has 0 radical (unpaired) electrons. The Labute approximate surface area is 106 Å². The Hall–Kier alpha value is -0.300. The topological polar surface area (TPSA) is 38.3 Å². The molecule has 17 heavy (non-hydrogen) atoms. The van der Waals surface area contributed by atoms with Crippen molar-refractivity contribution >= 4 is 21.8 Å². The molecule has 100 valence electrons. The van der Waals surface area contributed by atoms with Crippen LogP contribution in [0.3, 0.4) is 0 Å². The largest absolute Gasteiger partial charge is 0.411 e. The quantitative estimate of drug-likeness (QED) is 0.731. The first-order valence-corrected chi connectivity index (χ1v) is 6.46. The molecule has 0 aromatic heterocycles. The van der Waals surface area contributed by atoms with Crippen molar-refractivity contribution in [3.8, 4) is 0 Å². The van der Waals surface area contributed by atoms with Crippen LogP contribution in [0.25, 0.3) is 0 Å². The number of rotatable bonds is 7. The molecular weight excluding hydrogens is 303 g/mol. The van der Waals surface area contributed by atoms with Gasteiger partial charge in [0.2, 0.25) is 5.91 Å².